The molecule has 0 aliphatic carbocycles. The lowest BCUT2D eigenvalue weighted by Crippen LogP contribution is -2.37. The lowest BCUT2D eigenvalue weighted by atomic mass is 9.83. The predicted molar refractivity (Wildman–Crippen MR) is 95.1 cm³/mol. The van der Waals surface area contributed by atoms with Gasteiger partial charge < -0.3 is 14.6 Å². The molecule has 0 spiro atoms. The molecule has 2 aliphatic heterocycles. The second-order valence-electron chi connectivity index (χ2n) is 7.12. The molecule has 1 N–H and O–H groups in total. The van der Waals surface area contributed by atoms with Crippen LogP contribution < -0.4 is 4.74 Å². The summed E-state index contributed by atoms with van der Waals surface area (Å²) in [4.78, 5) is 25.2. The number of hydrogen-bond acceptors (Lipinski definition) is 4. The van der Waals surface area contributed by atoms with E-state index in [1.54, 1.807) is 0 Å². The summed E-state index contributed by atoms with van der Waals surface area (Å²) >= 11 is 0. The number of carboxylic acid groups (broad SMARTS) is 1. The number of fused-ring (bicyclic) bond motifs is 1. The molecule has 3 rings (SSSR count). The molecule has 1 aromatic carbocycles. The van der Waals surface area contributed by atoms with E-state index in [4.69, 9.17) is 4.74 Å². The normalized spacial score (nSPS) is 25.6. The average Bonchev–Trinajstić information content (AvgIpc) is 3.19. The molecular weight excluding hydrogens is 318 g/mol. The van der Waals surface area contributed by atoms with Crippen LogP contribution in [0.25, 0.3) is 0 Å². The molecule has 2 heterocycles. The summed E-state index contributed by atoms with van der Waals surface area (Å²) in [6.07, 6.45) is 5.81. The number of benzene rings is 1. The smallest absolute Gasteiger partial charge is 0.308 e. The van der Waals surface area contributed by atoms with Crippen molar-refractivity contribution in [3.05, 3.63) is 29.3 Å². The molecule has 2 unspecified atom stereocenters. The second kappa shape index (κ2) is 8.00. The van der Waals surface area contributed by atoms with Crippen LogP contribution in [0.3, 0.4) is 0 Å². The lowest BCUT2D eigenvalue weighted by molar-refractivity contribution is -0.143. The Balaban J connectivity index is 1.86. The van der Waals surface area contributed by atoms with Crippen LogP contribution in [0.15, 0.2) is 18.2 Å². The number of hydrogen-bond donors (Lipinski definition) is 1. The van der Waals surface area contributed by atoms with Crippen LogP contribution >= 0.6 is 0 Å². The molecule has 0 amide bonds. The van der Waals surface area contributed by atoms with Crippen molar-refractivity contribution in [3.63, 3.8) is 0 Å². The first-order chi connectivity index (χ1) is 12.2. The number of likely N-dealkylation sites (tertiary alicyclic amines) is 1. The maximum absolute atomic E-state index is 12.1. The number of aldehydes is 1. The maximum atomic E-state index is 12.1. The first-order valence-electron chi connectivity index (χ1n) is 9.31. The number of ether oxygens (including phenoxy) is 1. The largest absolute Gasteiger partial charge is 0.493 e. The summed E-state index contributed by atoms with van der Waals surface area (Å²) in [5, 5.41) is 9.91. The topological polar surface area (TPSA) is 66.8 Å². The summed E-state index contributed by atoms with van der Waals surface area (Å²) in [6, 6.07) is 6.00. The first-order valence-corrected chi connectivity index (χ1v) is 9.31. The monoisotopic (exact) mass is 345 g/mol. The SMILES string of the molecule is CCCCCC1[C@H](C(=O)O)C(c2ccc3c(c2)CCO3)CN1CC=O. The molecule has 136 valence electrons. The highest BCUT2D eigenvalue weighted by Gasteiger charge is 2.46. The zero-order valence-electron chi connectivity index (χ0n) is 14.8. The van der Waals surface area contributed by atoms with Gasteiger partial charge in [-0.25, -0.2) is 0 Å². The summed E-state index contributed by atoms with van der Waals surface area (Å²) in [5.41, 5.74) is 2.23. The predicted octanol–water partition coefficient (Wildman–Crippen LogP) is 2.87. The van der Waals surface area contributed by atoms with Crippen molar-refractivity contribution in [2.75, 3.05) is 19.7 Å². The number of aliphatic carboxylic acids is 1. The number of nitrogens with zero attached hydrogens (tertiary/aromatic N) is 1. The molecule has 0 saturated carbocycles. The van der Waals surface area contributed by atoms with E-state index in [0.29, 0.717) is 19.7 Å². The van der Waals surface area contributed by atoms with Crippen LogP contribution in [0.1, 0.15) is 49.7 Å². The van der Waals surface area contributed by atoms with Crippen molar-refractivity contribution in [2.45, 2.75) is 51.0 Å². The fraction of sp³-hybridized carbons (Fsp3) is 0.600. The number of carbonyl (C=O) groups excluding carboxylic acids is 1. The molecule has 0 bridgehead atoms. The standard InChI is InChI=1S/C20H27NO4/c1-2-3-4-5-17-19(20(23)24)16(13-21(17)9-10-22)14-6-7-18-15(12-14)8-11-25-18/h6-7,10,12,16-17,19H,2-5,8-9,11,13H2,1H3,(H,23,24)/t16?,17?,19-/m1/s1. The van der Waals surface area contributed by atoms with Gasteiger partial charge >= 0.3 is 5.97 Å². The third-order valence-electron chi connectivity index (χ3n) is 5.59. The van der Waals surface area contributed by atoms with Crippen LogP contribution in [-0.4, -0.2) is 48.0 Å². The van der Waals surface area contributed by atoms with Crippen molar-refractivity contribution in [2.24, 2.45) is 5.92 Å². The van der Waals surface area contributed by atoms with E-state index < -0.39 is 11.9 Å². The van der Waals surface area contributed by atoms with Crippen molar-refractivity contribution in [3.8, 4) is 5.75 Å². The van der Waals surface area contributed by atoms with Crippen molar-refractivity contribution >= 4 is 12.3 Å². The molecule has 5 nitrogen and oxygen atoms in total. The Hall–Kier alpha value is -1.88. The zero-order valence-corrected chi connectivity index (χ0v) is 14.8. The van der Waals surface area contributed by atoms with E-state index in [-0.39, 0.29) is 12.0 Å². The van der Waals surface area contributed by atoms with E-state index in [1.807, 2.05) is 12.1 Å². The number of carbonyl (C=O) groups is 2. The van der Waals surface area contributed by atoms with Crippen LogP contribution in [0, 0.1) is 5.92 Å². The molecule has 0 radical (unpaired) electrons. The zero-order chi connectivity index (χ0) is 17.8. The summed E-state index contributed by atoms with van der Waals surface area (Å²) in [6.45, 7) is 3.78. The number of carboxylic acids is 1. The number of rotatable bonds is 8. The van der Waals surface area contributed by atoms with Gasteiger partial charge in [0.2, 0.25) is 0 Å². The second-order valence-corrected chi connectivity index (χ2v) is 7.12. The van der Waals surface area contributed by atoms with Gasteiger partial charge in [-0.05, 0) is 23.6 Å². The number of unbranched alkanes of at least 4 members (excludes halogenated alkanes) is 2. The summed E-state index contributed by atoms with van der Waals surface area (Å²) in [7, 11) is 0. The average molecular weight is 345 g/mol. The van der Waals surface area contributed by atoms with Crippen molar-refractivity contribution < 1.29 is 19.4 Å². The molecule has 1 aromatic rings. The highest BCUT2D eigenvalue weighted by molar-refractivity contribution is 5.73. The molecule has 3 atom stereocenters. The fourth-order valence-electron chi connectivity index (χ4n) is 4.35. The molecule has 5 heteroatoms. The minimum atomic E-state index is -0.753. The van der Waals surface area contributed by atoms with Gasteiger partial charge in [0.15, 0.2) is 0 Å². The van der Waals surface area contributed by atoms with Gasteiger partial charge in [0, 0.05) is 24.9 Å². The molecule has 1 saturated heterocycles. The van der Waals surface area contributed by atoms with Crippen molar-refractivity contribution in [1.29, 1.82) is 0 Å². The van der Waals surface area contributed by atoms with Gasteiger partial charge in [-0.3, -0.25) is 9.69 Å². The maximum Gasteiger partial charge on any atom is 0.308 e. The van der Waals surface area contributed by atoms with Crippen LogP contribution in [0.4, 0.5) is 0 Å². The summed E-state index contributed by atoms with van der Waals surface area (Å²) in [5.74, 6) is -0.373. The first kappa shape index (κ1) is 17.9. The molecule has 25 heavy (non-hydrogen) atoms. The quantitative estimate of drug-likeness (QED) is 0.580. The van der Waals surface area contributed by atoms with Crippen LogP contribution in [0.5, 0.6) is 5.75 Å². The molecule has 1 fully saturated rings. The van der Waals surface area contributed by atoms with E-state index in [0.717, 1.165) is 55.3 Å². The highest BCUT2D eigenvalue weighted by atomic mass is 16.5. The van der Waals surface area contributed by atoms with E-state index >= 15 is 0 Å². The van der Waals surface area contributed by atoms with Gasteiger partial charge in [0.05, 0.1) is 19.1 Å². The lowest BCUT2D eigenvalue weighted by Gasteiger charge is -2.25. The third-order valence-corrected chi connectivity index (χ3v) is 5.59. The van der Waals surface area contributed by atoms with Gasteiger partial charge in [-0.15, -0.1) is 0 Å². The minimum Gasteiger partial charge on any atom is -0.493 e. The fourth-order valence-corrected chi connectivity index (χ4v) is 4.35. The van der Waals surface area contributed by atoms with Gasteiger partial charge in [0.25, 0.3) is 0 Å². The molecule has 0 aromatic heterocycles. The highest BCUT2D eigenvalue weighted by Crippen LogP contribution is 2.41. The van der Waals surface area contributed by atoms with Crippen LogP contribution in [0.2, 0.25) is 0 Å². The third kappa shape index (κ3) is 3.71. The Morgan fingerprint density at radius 1 is 1.40 bits per heavy atom. The summed E-state index contributed by atoms with van der Waals surface area (Å²) < 4.78 is 5.56. The Bertz CT molecular complexity index is 630. The Labute approximate surface area is 149 Å². The van der Waals surface area contributed by atoms with Gasteiger partial charge in [-0.2, -0.15) is 0 Å². The van der Waals surface area contributed by atoms with Gasteiger partial charge in [0.1, 0.15) is 12.0 Å². The van der Waals surface area contributed by atoms with E-state index in [9.17, 15) is 14.7 Å². The Morgan fingerprint density at radius 3 is 2.96 bits per heavy atom. The van der Waals surface area contributed by atoms with E-state index in [1.165, 1.54) is 0 Å². The Kier molecular flexibility index (Phi) is 5.74. The van der Waals surface area contributed by atoms with Gasteiger partial charge in [-0.1, -0.05) is 38.3 Å². The molecule has 2 aliphatic rings. The Morgan fingerprint density at radius 2 is 2.24 bits per heavy atom. The van der Waals surface area contributed by atoms with E-state index in [2.05, 4.69) is 17.9 Å². The molecular formula is C20H27NO4. The van der Waals surface area contributed by atoms with Crippen LogP contribution in [-0.2, 0) is 16.0 Å². The van der Waals surface area contributed by atoms with Crippen molar-refractivity contribution in [1.82, 2.24) is 4.90 Å². The minimum absolute atomic E-state index is 0.0660.